The van der Waals surface area contributed by atoms with E-state index in [-0.39, 0.29) is 5.56 Å². The van der Waals surface area contributed by atoms with Crippen LogP contribution in [-0.2, 0) is 6.18 Å². The summed E-state index contributed by atoms with van der Waals surface area (Å²) in [7, 11) is 0. The fourth-order valence-corrected chi connectivity index (χ4v) is 4.17. The van der Waals surface area contributed by atoms with Gasteiger partial charge in [0.25, 0.3) is 5.91 Å². The molecule has 4 aromatic rings. The van der Waals surface area contributed by atoms with Crippen LogP contribution in [0.5, 0.6) is 0 Å². The van der Waals surface area contributed by atoms with Crippen molar-refractivity contribution in [2.24, 2.45) is 0 Å². The summed E-state index contributed by atoms with van der Waals surface area (Å²) in [5.74, 6) is -0.809. The smallest absolute Gasteiger partial charge is 0.382 e. The minimum atomic E-state index is -4.86. The second-order valence-corrected chi connectivity index (χ2v) is 8.29. The monoisotopic (exact) mass is 487 g/mol. The number of aliphatic hydroxyl groups is 1. The van der Waals surface area contributed by atoms with Crippen LogP contribution in [-0.4, -0.2) is 38.8 Å². The summed E-state index contributed by atoms with van der Waals surface area (Å²) in [5.41, 5.74) is 0.744. The van der Waals surface area contributed by atoms with Crippen molar-refractivity contribution in [3.05, 3.63) is 58.5 Å². The number of hydrogen-bond acceptors (Lipinski definition) is 4. The molecule has 2 N–H and O–H groups in total. The van der Waals surface area contributed by atoms with Crippen molar-refractivity contribution >= 4 is 39.4 Å². The van der Waals surface area contributed by atoms with Crippen LogP contribution in [0.2, 0.25) is 0 Å². The Labute approximate surface area is 186 Å². The van der Waals surface area contributed by atoms with Crippen molar-refractivity contribution in [1.82, 2.24) is 14.3 Å². The van der Waals surface area contributed by atoms with E-state index in [0.29, 0.717) is 27.6 Å². The van der Waals surface area contributed by atoms with E-state index in [1.165, 1.54) is 35.8 Å². The summed E-state index contributed by atoms with van der Waals surface area (Å²) in [6.07, 6.45) is -12.0. The molecular weight excluding hydrogens is 472 g/mol. The van der Waals surface area contributed by atoms with E-state index in [0.717, 1.165) is 17.0 Å². The van der Waals surface area contributed by atoms with E-state index in [1.807, 2.05) is 5.32 Å². The first-order valence-corrected chi connectivity index (χ1v) is 10.3. The molecule has 0 bridgehead atoms. The van der Waals surface area contributed by atoms with Gasteiger partial charge < -0.3 is 10.4 Å². The van der Waals surface area contributed by atoms with E-state index >= 15 is 0 Å². The van der Waals surface area contributed by atoms with E-state index in [4.69, 9.17) is 5.11 Å². The molecule has 174 valence electrons. The quantitative estimate of drug-likeness (QED) is 0.388. The molecule has 33 heavy (non-hydrogen) atoms. The third-order valence-corrected chi connectivity index (χ3v) is 5.85. The normalized spacial score (nSPS) is 13.6. The average Bonchev–Trinajstić information content (AvgIpc) is 3.27. The first-order valence-electron chi connectivity index (χ1n) is 9.49. The Morgan fingerprint density at radius 2 is 1.79 bits per heavy atom. The SMILES string of the molecule is Cc1snc2c1c1cc(C(=O)NC[C@H](O)C(F)(F)F)ccc1n2-c1ccc(C(F)(F)F)cc1. The molecule has 2 aromatic carbocycles. The molecule has 0 aliphatic heterocycles. The molecule has 0 unspecified atom stereocenters. The third kappa shape index (κ3) is 4.27. The Bertz CT molecular complexity index is 1340. The number of alkyl halides is 6. The van der Waals surface area contributed by atoms with Crippen LogP contribution in [0.15, 0.2) is 42.5 Å². The summed E-state index contributed by atoms with van der Waals surface area (Å²) < 4.78 is 82.3. The summed E-state index contributed by atoms with van der Waals surface area (Å²) in [6, 6.07) is 8.96. The van der Waals surface area contributed by atoms with Gasteiger partial charge in [-0.05, 0) is 60.9 Å². The highest BCUT2D eigenvalue weighted by atomic mass is 32.1. The molecule has 0 saturated carbocycles. The molecule has 1 atom stereocenters. The van der Waals surface area contributed by atoms with Gasteiger partial charge in [0.1, 0.15) is 0 Å². The van der Waals surface area contributed by atoms with E-state index in [1.54, 1.807) is 17.6 Å². The topological polar surface area (TPSA) is 67.2 Å². The predicted octanol–water partition coefficient (Wildman–Crippen LogP) is 5.22. The Kier molecular flexibility index (Phi) is 5.61. The number of fused-ring (bicyclic) bond motifs is 3. The predicted molar refractivity (Wildman–Crippen MR) is 111 cm³/mol. The van der Waals surface area contributed by atoms with Crippen molar-refractivity contribution < 1.29 is 36.2 Å². The molecule has 12 heteroatoms. The maximum Gasteiger partial charge on any atom is 0.416 e. The zero-order valence-corrected chi connectivity index (χ0v) is 17.6. The van der Waals surface area contributed by atoms with Crippen LogP contribution in [0.3, 0.4) is 0 Å². The van der Waals surface area contributed by atoms with Gasteiger partial charge in [-0.25, -0.2) is 0 Å². The summed E-state index contributed by atoms with van der Waals surface area (Å²) in [6.45, 7) is 0.796. The number of hydrogen-bond donors (Lipinski definition) is 2. The molecule has 0 spiro atoms. The number of aryl methyl sites for hydroxylation is 1. The van der Waals surface area contributed by atoms with Crippen LogP contribution in [0.1, 0.15) is 20.8 Å². The van der Waals surface area contributed by atoms with Crippen LogP contribution in [0.4, 0.5) is 26.3 Å². The highest BCUT2D eigenvalue weighted by Crippen LogP contribution is 2.37. The molecule has 5 nitrogen and oxygen atoms in total. The van der Waals surface area contributed by atoms with Crippen LogP contribution in [0.25, 0.3) is 27.6 Å². The first-order chi connectivity index (χ1) is 15.4. The lowest BCUT2D eigenvalue weighted by Crippen LogP contribution is -2.40. The van der Waals surface area contributed by atoms with Gasteiger partial charge in [0.2, 0.25) is 0 Å². The fourth-order valence-electron chi connectivity index (χ4n) is 3.48. The van der Waals surface area contributed by atoms with E-state index in [2.05, 4.69) is 4.37 Å². The molecule has 4 rings (SSSR count). The lowest BCUT2D eigenvalue weighted by atomic mass is 10.1. The molecule has 0 saturated heterocycles. The summed E-state index contributed by atoms with van der Waals surface area (Å²) in [5, 5.41) is 12.4. The van der Waals surface area contributed by atoms with Crippen molar-refractivity contribution in [1.29, 1.82) is 0 Å². The largest absolute Gasteiger partial charge is 0.416 e. The molecule has 1 amide bonds. The number of carbonyl (C=O) groups excluding carboxylic acids is 1. The molecule has 0 aliphatic rings. The minimum absolute atomic E-state index is 0.0638. The number of nitrogens with one attached hydrogen (secondary N) is 1. The zero-order chi connectivity index (χ0) is 24.1. The van der Waals surface area contributed by atoms with Gasteiger partial charge in [-0.2, -0.15) is 30.7 Å². The molecule has 0 fully saturated rings. The Morgan fingerprint density at radius 1 is 1.12 bits per heavy atom. The van der Waals surface area contributed by atoms with Crippen molar-refractivity contribution in [2.75, 3.05) is 6.54 Å². The maximum atomic E-state index is 12.9. The lowest BCUT2D eigenvalue weighted by molar-refractivity contribution is -0.201. The number of halogens is 6. The van der Waals surface area contributed by atoms with Gasteiger partial charge in [-0.3, -0.25) is 9.36 Å². The Morgan fingerprint density at radius 3 is 2.39 bits per heavy atom. The minimum Gasteiger partial charge on any atom is -0.382 e. The number of nitrogens with zero attached hydrogens (tertiary/aromatic N) is 2. The van der Waals surface area contributed by atoms with Crippen LogP contribution in [0, 0.1) is 6.92 Å². The highest BCUT2D eigenvalue weighted by Gasteiger charge is 2.38. The van der Waals surface area contributed by atoms with Crippen molar-refractivity contribution in [3.63, 3.8) is 0 Å². The van der Waals surface area contributed by atoms with Gasteiger partial charge >= 0.3 is 12.4 Å². The number of aromatic nitrogens is 2. The second kappa shape index (κ2) is 8.03. The standard InChI is InChI=1S/C21H15F6N3O2S/c1-10-17-14-8-11(19(32)28-9-16(31)21(25,26)27)2-7-15(14)30(18(17)29-33-10)13-5-3-12(4-6-13)20(22,23)24/h2-8,16,31H,9H2,1H3,(H,28,32)/t16-/m0/s1. The van der Waals surface area contributed by atoms with Gasteiger partial charge in [-0.1, -0.05) is 0 Å². The van der Waals surface area contributed by atoms with Gasteiger partial charge in [0.15, 0.2) is 11.8 Å². The summed E-state index contributed by atoms with van der Waals surface area (Å²) >= 11 is 1.18. The molecular formula is C21H15F6N3O2S. The molecule has 2 aromatic heterocycles. The average molecular weight is 487 g/mol. The first kappa shape index (κ1) is 23.1. The highest BCUT2D eigenvalue weighted by molar-refractivity contribution is 7.07. The Balaban J connectivity index is 1.75. The maximum absolute atomic E-state index is 12.9. The zero-order valence-electron chi connectivity index (χ0n) is 16.8. The summed E-state index contributed by atoms with van der Waals surface area (Å²) in [4.78, 5) is 13.2. The van der Waals surface area contributed by atoms with Crippen LogP contribution >= 0.6 is 11.5 Å². The number of rotatable bonds is 4. The Hall–Kier alpha value is -3.12. The number of aliphatic hydroxyl groups excluding tert-OH is 1. The fraction of sp³-hybridized carbons (Fsp3) is 0.238. The van der Waals surface area contributed by atoms with Crippen LogP contribution < -0.4 is 5.32 Å². The van der Waals surface area contributed by atoms with Crippen molar-refractivity contribution in [3.8, 4) is 5.69 Å². The third-order valence-electron chi connectivity index (χ3n) is 5.11. The number of benzene rings is 2. The lowest BCUT2D eigenvalue weighted by Gasteiger charge is -2.15. The molecule has 0 aliphatic carbocycles. The van der Waals surface area contributed by atoms with Gasteiger partial charge in [-0.15, -0.1) is 0 Å². The van der Waals surface area contributed by atoms with E-state index in [9.17, 15) is 31.1 Å². The van der Waals surface area contributed by atoms with Gasteiger partial charge in [0.05, 0.1) is 17.6 Å². The molecule has 2 heterocycles. The number of amides is 1. The number of carbonyl (C=O) groups is 1. The van der Waals surface area contributed by atoms with Crippen molar-refractivity contribution in [2.45, 2.75) is 25.4 Å². The second-order valence-electron chi connectivity index (χ2n) is 7.32. The van der Waals surface area contributed by atoms with Gasteiger partial charge in [0, 0.05) is 26.9 Å². The van der Waals surface area contributed by atoms with E-state index < -0.39 is 36.5 Å². The molecule has 0 radical (unpaired) electrons.